The molecule has 6 heteroatoms. The van der Waals surface area contributed by atoms with Crippen molar-refractivity contribution in [2.24, 2.45) is 0 Å². The number of hydrogen-bond donors (Lipinski definition) is 1. The van der Waals surface area contributed by atoms with Crippen LogP contribution >= 0.6 is 0 Å². The Morgan fingerprint density at radius 3 is 2.26 bits per heavy atom. The molecule has 0 fully saturated rings. The number of nitrogens with zero attached hydrogens (tertiary/aromatic N) is 1. The van der Waals surface area contributed by atoms with Crippen LogP contribution < -0.4 is 5.19 Å². The van der Waals surface area contributed by atoms with Gasteiger partial charge in [-0.25, -0.2) is 0 Å². The van der Waals surface area contributed by atoms with Gasteiger partial charge in [-0.3, -0.25) is 9.78 Å². The van der Waals surface area contributed by atoms with Crippen molar-refractivity contribution in [1.29, 1.82) is 0 Å². The SMILES string of the molecule is CC(=O)/C=C(/C)O.CC(C)(C)c1cc(-c2nccc3oc4c([Si](C)(C)C)cccc4c23)[c-]c2ccccc12.[Ir]. The van der Waals surface area contributed by atoms with Crippen LogP contribution in [0.1, 0.15) is 40.2 Å². The number of benzene rings is 3. The molecule has 4 nitrogen and oxygen atoms in total. The third-order valence-electron chi connectivity index (χ3n) is 6.47. The Kier molecular flexibility index (Phi) is 9.06. The monoisotopic (exact) mass is 715 g/mol. The van der Waals surface area contributed by atoms with E-state index in [0.29, 0.717) is 0 Å². The molecule has 0 aliphatic heterocycles. The Bertz CT molecular complexity index is 1680. The molecule has 0 amide bonds. The Hall–Kier alpha value is -3.05. The molecule has 1 radical (unpaired) electrons. The summed E-state index contributed by atoms with van der Waals surface area (Å²) >= 11 is 0. The third-order valence-corrected chi connectivity index (χ3v) is 8.48. The van der Waals surface area contributed by atoms with Gasteiger partial charge < -0.3 is 9.52 Å². The summed E-state index contributed by atoms with van der Waals surface area (Å²) in [7, 11) is -1.55. The molecule has 0 saturated heterocycles. The maximum atomic E-state index is 10.0. The fraction of sp³-hybridized carbons (Fsp3) is 0.273. The number of aliphatic hydroxyl groups excluding tert-OH is 1. The summed E-state index contributed by atoms with van der Waals surface area (Å²) < 4.78 is 6.44. The fourth-order valence-corrected chi connectivity index (χ4v) is 6.27. The Balaban J connectivity index is 0.000000468. The van der Waals surface area contributed by atoms with Crippen molar-refractivity contribution in [3.63, 3.8) is 0 Å². The fourth-order valence-electron chi connectivity index (χ4n) is 4.81. The molecule has 5 rings (SSSR count). The van der Waals surface area contributed by atoms with Crippen molar-refractivity contribution in [2.45, 2.75) is 59.7 Å². The number of carbonyl (C=O) groups excluding carboxylic acids is 1. The summed E-state index contributed by atoms with van der Waals surface area (Å²) in [6.45, 7) is 16.7. The zero-order valence-electron chi connectivity index (χ0n) is 23.9. The number of furan rings is 1. The number of aliphatic hydroxyl groups is 1. The summed E-state index contributed by atoms with van der Waals surface area (Å²) in [6.07, 6.45) is 3.02. The molecule has 205 valence electrons. The molecule has 3 aromatic carbocycles. The van der Waals surface area contributed by atoms with Crippen LogP contribution in [0.2, 0.25) is 19.6 Å². The molecule has 2 heterocycles. The van der Waals surface area contributed by atoms with Crippen LogP contribution in [0, 0.1) is 6.07 Å². The second-order valence-electron chi connectivity index (χ2n) is 11.9. The number of fused-ring (bicyclic) bond motifs is 4. The van der Waals surface area contributed by atoms with E-state index >= 15 is 0 Å². The minimum absolute atomic E-state index is 0. The molecule has 0 atom stereocenters. The van der Waals surface area contributed by atoms with E-state index in [1.807, 2.05) is 12.3 Å². The van der Waals surface area contributed by atoms with Crippen LogP contribution in [0.3, 0.4) is 0 Å². The Morgan fingerprint density at radius 2 is 1.67 bits per heavy atom. The molecule has 0 bridgehead atoms. The normalized spacial score (nSPS) is 12.3. The molecular formula is C33H36IrNO3Si-. The number of hydrogen-bond acceptors (Lipinski definition) is 4. The second kappa shape index (κ2) is 11.6. The van der Waals surface area contributed by atoms with Crippen molar-refractivity contribution in [3.05, 3.63) is 84.3 Å². The number of allylic oxidation sites excluding steroid dienone is 2. The van der Waals surface area contributed by atoms with Crippen LogP contribution in [0.5, 0.6) is 0 Å². The minimum atomic E-state index is -1.55. The first-order valence-electron chi connectivity index (χ1n) is 12.9. The van der Waals surface area contributed by atoms with Crippen LogP contribution in [-0.4, -0.2) is 23.9 Å². The maximum Gasteiger partial charge on any atom is 0.155 e. The van der Waals surface area contributed by atoms with Crippen LogP contribution in [0.15, 0.2) is 77.0 Å². The molecule has 0 aliphatic carbocycles. The van der Waals surface area contributed by atoms with Gasteiger partial charge in [-0.2, -0.15) is 0 Å². The third kappa shape index (κ3) is 6.58. The Labute approximate surface area is 245 Å². The van der Waals surface area contributed by atoms with Gasteiger partial charge in [-0.1, -0.05) is 87.8 Å². The molecule has 0 unspecified atom stereocenters. The number of aromatic nitrogens is 1. The summed E-state index contributed by atoms with van der Waals surface area (Å²) in [5, 5.41) is 14.3. The van der Waals surface area contributed by atoms with Gasteiger partial charge in [0.25, 0.3) is 0 Å². The molecule has 39 heavy (non-hydrogen) atoms. The van der Waals surface area contributed by atoms with Gasteiger partial charge in [-0.15, -0.1) is 29.1 Å². The number of carbonyl (C=O) groups is 1. The van der Waals surface area contributed by atoms with Gasteiger partial charge in [0, 0.05) is 48.8 Å². The molecule has 2 aromatic heterocycles. The number of pyridine rings is 1. The van der Waals surface area contributed by atoms with Crippen molar-refractivity contribution in [2.75, 3.05) is 0 Å². The van der Waals surface area contributed by atoms with E-state index in [-0.39, 0.29) is 37.1 Å². The standard InChI is InChI=1S/C28H28NOSi.C5H8O2.Ir/c1-28(2,3)22-17-19(16-18-10-7-8-11-20(18)22)26-25-21-12-9-13-24(31(4,5)6)27(21)30-23(25)14-15-29-26;1-4(6)3-5(2)7;/h7-15,17H,1-6H3;3,6H,1-2H3;/q-1;;/b;4-3-;. The van der Waals surface area contributed by atoms with Gasteiger partial charge in [0.15, 0.2) is 5.78 Å². The predicted molar refractivity (Wildman–Crippen MR) is 162 cm³/mol. The maximum absolute atomic E-state index is 10.0. The second-order valence-corrected chi connectivity index (χ2v) is 16.9. The van der Waals surface area contributed by atoms with Gasteiger partial charge in [0.05, 0.1) is 13.8 Å². The number of para-hydroxylation sites is 1. The molecule has 0 spiro atoms. The van der Waals surface area contributed by atoms with Crippen molar-refractivity contribution >= 4 is 51.8 Å². The van der Waals surface area contributed by atoms with E-state index < -0.39 is 8.07 Å². The minimum Gasteiger partial charge on any atom is -0.512 e. The van der Waals surface area contributed by atoms with Gasteiger partial charge >= 0.3 is 0 Å². The quantitative estimate of drug-likeness (QED) is 0.0882. The van der Waals surface area contributed by atoms with Gasteiger partial charge in [0.2, 0.25) is 0 Å². The molecule has 5 aromatic rings. The summed E-state index contributed by atoms with van der Waals surface area (Å²) in [6, 6.07) is 23.0. The van der Waals surface area contributed by atoms with Crippen molar-refractivity contribution < 1.29 is 34.4 Å². The first kappa shape index (κ1) is 30.5. The number of ketones is 1. The van der Waals surface area contributed by atoms with E-state index in [0.717, 1.165) is 38.6 Å². The summed E-state index contributed by atoms with van der Waals surface area (Å²) in [4.78, 5) is 14.9. The number of rotatable bonds is 3. The van der Waals surface area contributed by atoms with E-state index in [1.54, 1.807) is 0 Å². The molecular weight excluding hydrogens is 679 g/mol. The largest absolute Gasteiger partial charge is 0.512 e. The average Bonchev–Trinajstić information content (AvgIpc) is 3.20. The van der Waals surface area contributed by atoms with Crippen LogP contribution in [0.4, 0.5) is 0 Å². The molecule has 0 aliphatic rings. The first-order chi connectivity index (χ1) is 17.8. The van der Waals surface area contributed by atoms with E-state index in [9.17, 15) is 4.79 Å². The van der Waals surface area contributed by atoms with E-state index in [1.165, 1.54) is 36.1 Å². The van der Waals surface area contributed by atoms with Crippen LogP contribution in [-0.2, 0) is 30.3 Å². The van der Waals surface area contributed by atoms with E-state index in [2.05, 4.69) is 95.0 Å². The molecule has 1 N–H and O–H groups in total. The zero-order chi connectivity index (χ0) is 27.8. The molecule has 0 saturated carbocycles. The summed E-state index contributed by atoms with van der Waals surface area (Å²) in [5.74, 6) is -0.0625. The topological polar surface area (TPSA) is 63.3 Å². The van der Waals surface area contributed by atoms with Crippen molar-refractivity contribution in [1.82, 2.24) is 4.98 Å². The predicted octanol–water partition coefficient (Wildman–Crippen LogP) is 8.48. The summed E-state index contributed by atoms with van der Waals surface area (Å²) in [5.41, 5.74) is 5.20. The smallest absolute Gasteiger partial charge is 0.155 e. The van der Waals surface area contributed by atoms with Crippen molar-refractivity contribution in [3.8, 4) is 11.3 Å². The Morgan fingerprint density at radius 1 is 1.00 bits per heavy atom. The first-order valence-corrected chi connectivity index (χ1v) is 16.4. The zero-order valence-corrected chi connectivity index (χ0v) is 27.3. The van der Waals surface area contributed by atoms with Gasteiger partial charge in [0.1, 0.15) is 11.2 Å². The average molecular weight is 715 g/mol. The van der Waals surface area contributed by atoms with E-state index in [4.69, 9.17) is 14.5 Å². The van der Waals surface area contributed by atoms with Crippen LogP contribution in [0.25, 0.3) is 44.0 Å². The van der Waals surface area contributed by atoms with Gasteiger partial charge in [-0.05, 0) is 30.5 Å².